The van der Waals surface area contributed by atoms with Gasteiger partial charge in [-0.25, -0.2) is 4.98 Å². The molecule has 3 heterocycles. The SMILES string of the molecule is CC(C)(C)c1cc(-c2cc3c(cn2)oc2cc4ccccc4cc23)[c-]c(-c2cccc3c2nc(-c2ccccc2O)n3-c2ccc(C(C)(C)C)cc2-c2ccccc2)c1.[Pt]. The van der Waals surface area contributed by atoms with Gasteiger partial charge in [0.25, 0.3) is 0 Å². The number of aromatic hydroxyl groups is 1. The second-order valence-electron chi connectivity index (χ2n) is 17.6. The average Bonchev–Trinajstić information content (AvgIpc) is 3.80. The number of fused-ring (bicyclic) bond motifs is 5. The Morgan fingerprint density at radius 2 is 1.25 bits per heavy atom. The minimum atomic E-state index is -0.169. The standard InChI is InChI=1S/C54H44N3O2.Pt/c1-53(2,3)38-23-24-46(42(30-38)33-15-8-7-9-16-33)57-47-21-14-20-40(51(47)56-52(57)41-19-12-13-22-48(41)58)36-25-37(27-39(26-36)54(4,5)6)45-31-44-43-28-34-17-10-11-18-35(34)29-49(43)59-50(44)32-55-45;/h7-24,26-32,58H,1-6H3;/q-1;. The molecule has 0 spiro atoms. The fourth-order valence-electron chi connectivity index (χ4n) is 8.25. The molecule has 0 aliphatic rings. The van der Waals surface area contributed by atoms with Gasteiger partial charge in [0.05, 0.1) is 28.5 Å². The number of pyridine rings is 1. The number of hydrogen-bond donors (Lipinski definition) is 1. The number of imidazole rings is 1. The maximum atomic E-state index is 11.4. The minimum absolute atomic E-state index is 0. The number of nitrogens with zero attached hydrogens (tertiary/aromatic N) is 3. The van der Waals surface area contributed by atoms with Crippen molar-refractivity contribution in [3.05, 3.63) is 169 Å². The maximum absolute atomic E-state index is 11.4. The van der Waals surface area contributed by atoms with Gasteiger partial charge in [-0.3, -0.25) is 9.55 Å². The van der Waals surface area contributed by atoms with Crippen LogP contribution in [-0.4, -0.2) is 19.6 Å². The van der Waals surface area contributed by atoms with E-state index in [0.717, 1.165) is 83.1 Å². The Morgan fingerprint density at radius 3 is 2.00 bits per heavy atom. The van der Waals surface area contributed by atoms with Crippen molar-refractivity contribution in [2.45, 2.75) is 52.4 Å². The molecule has 0 aliphatic heterocycles. The van der Waals surface area contributed by atoms with E-state index in [4.69, 9.17) is 14.4 Å². The van der Waals surface area contributed by atoms with Crippen LogP contribution in [-0.2, 0) is 31.9 Å². The Labute approximate surface area is 364 Å². The smallest absolute Gasteiger partial charge is 0.152 e. The number of para-hydroxylation sites is 2. The third-order valence-corrected chi connectivity index (χ3v) is 11.5. The molecular formula is C54H44N3O2Pt-. The summed E-state index contributed by atoms with van der Waals surface area (Å²) in [6.45, 7) is 13.4. The fraction of sp³-hybridized carbons (Fsp3) is 0.148. The van der Waals surface area contributed by atoms with Crippen LogP contribution in [0, 0.1) is 6.07 Å². The summed E-state index contributed by atoms with van der Waals surface area (Å²) in [4.78, 5) is 10.4. The van der Waals surface area contributed by atoms with Crippen LogP contribution < -0.4 is 0 Å². The summed E-state index contributed by atoms with van der Waals surface area (Å²) >= 11 is 0. The summed E-state index contributed by atoms with van der Waals surface area (Å²) in [5.74, 6) is 0.827. The number of aromatic nitrogens is 3. The van der Waals surface area contributed by atoms with E-state index in [1.54, 1.807) is 6.07 Å². The van der Waals surface area contributed by atoms with Crippen molar-refractivity contribution >= 4 is 43.7 Å². The molecule has 60 heavy (non-hydrogen) atoms. The predicted octanol–water partition coefficient (Wildman–Crippen LogP) is 14.2. The van der Waals surface area contributed by atoms with Crippen LogP contribution in [0.25, 0.3) is 94.3 Å². The molecule has 0 bridgehead atoms. The molecule has 0 radical (unpaired) electrons. The van der Waals surface area contributed by atoms with Crippen molar-refractivity contribution in [2.24, 2.45) is 0 Å². The topological polar surface area (TPSA) is 64.1 Å². The first kappa shape index (κ1) is 39.2. The molecule has 7 aromatic carbocycles. The Kier molecular flexibility index (Phi) is 9.64. The number of phenols is 1. The van der Waals surface area contributed by atoms with Gasteiger partial charge in [-0.05, 0) is 75.2 Å². The fourth-order valence-corrected chi connectivity index (χ4v) is 8.25. The largest absolute Gasteiger partial charge is 0.507 e. The minimum Gasteiger partial charge on any atom is -0.507 e. The van der Waals surface area contributed by atoms with E-state index in [9.17, 15) is 5.11 Å². The van der Waals surface area contributed by atoms with Gasteiger partial charge in [-0.1, -0.05) is 144 Å². The second kappa shape index (κ2) is 14.8. The summed E-state index contributed by atoms with van der Waals surface area (Å²) in [5, 5.41) is 15.8. The zero-order valence-electron chi connectivity index (χ0n) is 34.4. The summed E-state index contributed by atoms with van der Waals surface area (Å²) < 4.78 is 8.53. The van der Waals surface area contributed by atoms with Gasteiger partial charge in [-0.15, -0.1) is 29.3 Å². The summed E-state index contributed by atoms with van der Waals surface area (Å²) in [7, 11) is 0. The Bertz CT molecular complexity index is 3250. The maximum Gasteiger partial charge on any atom is 0.152 e. The number of furan rings is 1. The van der Waals surface area contributed by atoms with Gasteiger partial charge in [0.2, 0.25) is 0 Å². The van der Waals surface area contributed by atoms with Gasteiger partial charge in [-0.2, -0.15) is 0 Å². The molecule has 6 heteroatoms. The van der Waals surface area contributed by atoms with Gasteiger partial charge < -0.3 is 9.52 Å². The Hall–Kier alpha value is -6.29. The molecular weight excluding hydrogens is 918 g/mol. The van der Waals surface area contributed by atoms with Crippen LogP contribution in [0.1, 0.15) is 52.7 Å². The average molecular weight is 962 g/mol. The summed E-state index contributed by atoms with van der Waals surface area (Å²) in [6, 6.07) is 54.1. The van der Waals surface area contributed by atoms with Crippen LogP contribution in [0.5, 0.6) is 5.75 Å². The number of benzene rings is 7. The summed E-state index contributed by atoms with van der Waals surface area (Å²) in [6.07, 6.45) is 1.84. The normalized spacial score (nSPS) is 12.1. The molecule has 0 saturated carbocycles. The van der Waals surface area contributed by atoms with E-state index >= 15 is 0 Å². The second-order valence-corrected chi connectivity index (χ2v) is 17.6. The van der Waals surface area contributed by atoms with E-state index in [2.05, 4.69) is 167 Å². The predicted molar refractivity (Wildman–Crippen MR) is 243 cm³/mol. The first-order valence-electron chi connectivity index (χ1n) is 20.2. The molecule has 0 saturated heterocycles. The van der Waals surface area contributed by atoms with Crippen molar-refractivity contribution in [3.63, 3.8) is 0 Å². The van der Waals surface area contributed by atoms with Crippen LogP contribution in [0.4, 0.5) is 0 Å². The van der Waals surface area contributed by atoms with E-state index in [1.165, 1.54) is 10.9 Å². The Morgan fingerprint density at radius 1 is 0.583 bits per heavy atom. The van der Waals surface area contributed by atoms with Crippen molar-refractivity contribution in [2.75, 3.05) is 0 Å². The first-order chi connectivity index (χ1) is 28.4. The number of rotatable bonds is 5. The van der Waals surface area contributed by atoms with Gasteiger partial charge in [0.15, 0.2) is 5.58 Å². The molecule has 10 rings (SSSR count). The molecule has 5 nitrogen and oxygen atoms in total. The van der Waals surface area contributed by atoms with Gasteiger partial charge in [0, 0.05) is 43.1 Å². The first-order valence-corrected chi connectivity index (χ1v) is 20.2. The zero-order valence-corrected chi connectivity index (χ0v) is 36.7. The van der Waals surface area contributed by atoms with E-state index < -0.39 is 0 Å². The Balaban J connectivity index is 0.00000462. The third-order valence-electron chi connectivity index (χ3n) is 11.5. The number of phenolic OH excluding ortho intramolecular Hbond substituents is 1. The molecule has 0 atom stereocenters. The van der Waals surface area contributed by atoms with E-state index in [1.807, 2.05) is 30.5 Å². The molecule has 1 N–H and O–H groups in total. The zero-order chi connectivity index (χ0) is 40.6. The molecule has 0 fully saturated rings. The van der Waals surface area contributed by atoms with Crippen molar-refractivity contribution in [3.8, 4) is 56.3 Å². The molecule has 3 aromatic heterocycles. The van der Waals surface area contributed by atoms with Crippen LogP contribution in [0.3, 0.4) is 0 Å². The van der Waals surface area contributed by atoms with Crippen molar-refractivity contribution in [1.29, 1.82) is 0 Å². The van der Waals surface area contributed by atoms with Crippen molar-refractivity contribution < 1.29 is 30.6 Å². The molecule has 298 valence electrons. The van der Waals surface area contributed by atoms with Crippen LogP contribution >= 0.6 is 0 Å². The van der Waals surface area contributed by atoms with E-state index in [-0.39, 0.29) is 37.6 Å². The summed E-state index contributed by atoms with van der Waals surface area (Å²) in [5.41, 5.74) is 12.9. The van der Waals surface area contributed by atoms with Gasteiger partial charge >= 0.3 is 0 Å². The van der Waals surface area contributed by atoms with E-state index in [0.29, 0.717) is 11.4 Å². The van der Waals surface area contributed by atoms with Gasteiger partial charge in [0.1, 0.15) is 17.2 Å². The quantitative estimate of drug-likeness (QED) is 0.175. The molecule has 0 amide bonds. The van der Waals surface area contributed by atoms with Crippen LogP contribution in [0.2, 0.25) is 0 Å². The van der Waals surface area contributed by atoms with Crippen molar-refractivity contribution in [1.82, 2.24) is 14.5 Å². The van der Waals surface area contributed by atoms with Crippen LogP contribution in [0.15, 0.2) is 156 Å². The number of hydrogen-bond acceptors (Lipinski definition) is 4. The molecule has 10 aromatic rings. The monoisotopic (exact) mass is 961 g/mol. The molecule has 0 unspecified atom stereocenters. The third kappa shape index (κ3) is 6.81. The molecule has 0 aliphatic carbocycles.